The van der Waals surface area contributed by atoms with Gasteiger partial charge in [-0.25, -0.2) is 0 Å². The van der Waals surface area contributed by atoms with Gasteiger partial charge in [-0.1, -0.05) is 18.2 Å². The summed E-state index contributed by atoms with van der Waals surface area (Å²) < 4.78 is 35.6. The quantitative estimate of drug-likeness (QED) is 0.568. The molecule has 0 aliphatic rings. The van der Waals surface area contributed by atoms with E-state index in [4.69, 9.17) is 4.74 Å². The van der Waals surface area contributed by atoms with Crippen molar-refractivity contribution in [2.45, 2.75) is 20.1 Å². The summed E-state index contributed by atoms with van der Waals surface area (Å²) in [6.45, 7) is -0.528. The van der Waals surface area contributed by atoms with E-state index in [2.05, 4.69) is 27.3 Å². The highest BCUT2D eigenvalue weighted by Gasteiger charge is 2.16. The van der Waals surface area contributed by atoms with Gasteiger partial charge in [0.15, 0.2) is 11.5 Å². The van der Waals surface area contributed by atoms with Gasteiger partial charge < -0.3 is 14.4 Å². The van der Waals surface area contributed by atoms with Crippen molar-refractivity contribution in [3.05, 3.63) is 57.2 Å². The van der Waals surface area contributed by atoms with Crippen molar-refractivity contribution in [2.75, 3.05) is 13.7 Å². The lowest BCUT2D eigenvalue weighted by molar-refractivity contribution is -0.0514. The molecule has 0 aliphatic heterocycles. The molecule has 0 saturated carbocycles. The molecular formula is C18H18F2INO3. The van der Waals surface area contributed by atoms with Crippen molar-refractivity contribution in [3.63, 3.8) is 0 Å². The average Bonchev–Trinajstić information content (AvgIpc) is 2.57. The van der Waals surface area contributed by atoms with E-state index < -0.39 is 6.61 Å². The third-order valence-electron chi connectivity index (χ3n) is 3.39. The van der Waals surface area contributed by atoms with Crippen molar-refractivity contribution < 1.29 is 23.0 Å². The zero-order valence-corrected chi connectivity index (χ0v) is 16.0. The minimum Gasteiger partial charge on any atom is -0.490 e. The van der Waals surface area contributed by atoms with Crippen LogP contribution < -0.4 is 9.47 Å². The summed E-state index contributed by atoms with van der Waals surface area (Å²) >= 11 is 2.12. The predicted octanol–water partition coefficient (Wildman–Crippen LogP) is 4.56. The maximum absolute atomic E-state index is 12.6. The van der Waals surface area contributed by atoms with Gasteiger partial charge in [0.25, 0.3) is 5.91 Å². The van der Waals surface area contributed by atoms with Crippen LogP contribution in [0.15, 0.2) is 42.5 Å². The summed E-state index contributed by atoms with van der Waals surface area (Å²) in [4.78, 5) is 14.1. The van der Waals surface area contributed by atoms with Crippen LogP contribution in [0.4, 0.5) is 8.78 Å². The van der Waals surface area contributed by atoms with Gasteiger partial charge in [-0.15, -0.1) is 0 Å². The number of amides is 1. The predicted molar refractivity (Wildman–Crippen MR) is 99.2 cm³/mol. The van der Waals surface area contributed by atoms with Crippen LogP contribution in [-0.2, 0) is 6.54 Å². The van der Waals surface area contributed by atoms with E-state index in [0.29, 0.717) is 18.7 Å². The van der Waals surface area contributed by atoms with E-state index in [1.165, 1.54) is 6.07 Å². The zero-order chi connectivity index (χ0) is 18.4. The van der Waals surface area contributed by atoms with Gasteiger partial charge in [0.1, 0.15) is 0 Å². The lowest BCUT2D eigenvalue weighted by Gasteiger charge is -2.19. The van der Waals surface area contributed by atoms with Crippen molar-refractivity contribution >= 4 is 28.5 Å². The molecule has 1 amide bonds. The molecule has 2 rings (SSSR count). The molecular weight excluding hydrogens is 443 g/mol. The van der Waals surface area contributed by atoms with E-state index >= 15 is 0 Å². The molecule has 0 spiro atoms. The second kappa shape index (κ2) is 8.98. The molecule has 134 valence electrons. The summed E-state index contributed by atoms with van der Waals surface area (Å²) in [7, 11) is 1.69. The lowest BCUT2D eigenvalue weighted by Crippen LogP contribution is -2.26. The molecule has 0 aromatic heterocycles. The Labute approximate surface area is 158 Å². The zero-order valence-electron chi connectivity index (χ0n) is 13.8. The van der Waals surface area contributed by atoms with Crippen molar-refractivity contribution in [3.8, 4) is 11.5 Å². The maximum atomic E-state index is 12.6. The highest BCUT2D eigenvalue weighted by Crippen LogP contribution is 2.30. The van der Waals surface area contributed by atoms with Crippen LogP contribution in [0.3, 0.4) is 0 Å². The summed E-state index contributed by atoms with van der Waals surface area (Å²) in [6, 6.07) is 12.0. The molecule has 7 heteroatoms. The van der Waals surface area contributed by atoms with Gasteiger partial charge in [0.05, 0.1) is 12.2 Å². The fourth-order valence-electron chi connectivity index (χ4n) is 2.30. The van der Waals surface area contributed by atoms with Crippen LogP contribution in [0.5, 0.6) is 11.5 Å². The third-order valence-corrected chi connectivity index (χ3v) is 4.34. The largest absolute Gasteiger partial charge is 0.490 e. The first-order valence-corrected chi connectivity index (χ1v) is 8.70. The molecule has 0 fully saturated rings. The van der Waals surface area contributed by atoms with Crippen molar-refractivity contribution in [1.82, 2.24) is 4.90 Å². The van der Waals surface area contributed by atoms with Crippen molar-refractivity contribution in [1.29, 1.82) is 0 Å². The maximum Gasteiger partial charge on any atom is 0.387 e. The number of ether oxygens (including phenoxy) is 2. The van der Waals surface area contributed by atoms with Gasteiger partial charge in [-0.2, -0.15) is 8.78 Å². The number of rotatable bonds is 7. The Morgan fingerprint density at radius 2 is 1.92 bits per heavy atom. The molecule has 0 radical (unpaired) electrons. The molecule has 0 atom stereocenters. The number of alkyl halides is 2. The molecule has 0 unspecified atom stereocenters. The summed E-state index contributed by atoms with van der Waals surface area (Å²) in [6.07, 6.45) is 0. The van der Waals surface area contributed by atoms with Gasteiger partial charge in [0.2, 0.25) is 0 Å². The molecule has 4 nitrogen and oxygen atoms in total. The summed E-state index contributed by atoms with van der Waals surface area (Å²) in [5, 5.41) is 0. The highest BCUT2D eigenvalue weighted by molar-refractivity contribution is 14.1. The summed E-state index contributed by atoms with van der Waals surface area (Å²) in [5.41, 5.74) is 1.38. The van der Waals surface area contributed by atoms with Crippen LogP contribution in [-0.4, -0.2) is 31.1 Å². The smallest absolute Gasteiger partial charge is 0.387 e. The number of nitrogens with zero attached hydrogens (tertiary/aromatic N) is 1. The van der Waals surface area contributed by atoms with Crippen molar-refractivity contribution in [2.24, 2.45) is 0 Å². The molecule has 2 aromatic carbocycles. The number of hydrogen-bond acceptors (Lipinski definition) is 3. The second-order valence-corrected chi connectivity index (χ2v) is 6.40. The van der Waals surface area contributed by atoms with Crippen LogP contribution >= 0.6 is 22.6 Å². The normalized spacial score (nSPS) is 10.6. The van der Waals surface area contributed by atoms with E-state index in [1.807, 2.05) is 18.2 Å². The Kier molecular flexibility index (Phi) is 6.98. The van der Waals surface area contributed by atoms with Gasteiger partial charge >= 0.3 is 6.61 Å². The number of carbonyl (C=O) groups excluding carboxylic acids is 1. The monoisotopic (exact) mass is 461 g/mol. The van der Waals surface area contributed by atoms with Gasteiger partial charge in [0, 0.05) is 17.2 Å². The van der Waals surface area contributed by atoms with E-state index in [9.17, 15) is 13.6 Å². The number of carbonyl (C=O) groups is 1. The minimum atomic E-state index is -2.92. The first-order valence-electron chi connectivity index (χ1n) is 7.63. The molecule has 25 heavy (non-hydrogen) atoms. The van der Waals surface area contributed by atoms with E-state index in [0.717, 1.165) is 9.13 Å². The SMILES string of the molecule is CCOc1cc(CN(C)C(=O)c2ccccc2I)ccc1OC(F)F. The Balaban J connectivity index is 2.17. The first-order chi connectivity index (χ1) is 11.9. The third kappa shape index (κ3) is 5.29. The molecule has 0 aliphatic carbocycles. The lowest BCUT2D eigenvalue weighted by atomic mass is 10.1. The molecule has 0 bridgehead atoms. The molecule has 2 aromatic rings. The van der Waals surface area contributed by atoms with Crippen LogP contribution in [0.2, 0.25) is 0 Å². The minimum absolute atomic E-state index is 0.0211. The fraction of sp³-hybridized carbons (Fsp3) is 0.278. The first kappa shape index (κ1) is 19.4. The Morgan fingerprint density at radius 1 is 1.20 bits per heavy atom. The second-order valence-electron chi connectivity index (χ2n) is 5.23. The van der Waals surface area contributed by atoms with Gasteiger partial charge in [-0.05, 0) is 59.3 Å². The Bertz CT molecular complexity index is 740. The molecule has 0 heterocycles. The van der Waals surface area contributed by atoms with E-state index in [1.54, 1.807) is 37.1 Å². The topological polar surface area (TPSA) is 38.8 Å². The van der Waals surface area contributed by atoms with E-state index in [-0.39, 0.29) is 17.4 Å². The average molecular weight is 461 g/mol. The van der Waals surface area contributed by atoms with Crippen LogP contribution in [0, 0.1) is 3.57 Å². The number of hydrogen-bond donors (Lipinski definition) is 0. The van der Waals surface area contributed by atoms with Crippen LogP contribution in [0.1, 0.15) is 22.8 Å². The number of benzene rings is 2. The molecule has 0 N–H and O–H groups in total. The Hall–Kier alpha value is -1.90. The fourth-order valence-corrected chi connectivity index (χ4v) is 2.92. The standard InChI is InChI=1S/C18H18F2INO3/c1-3-24-16-10-12(8-9-15(16)25-18(19)20)11-22(2)17(23)13-6-4-5-7-14(13)21/h4-10,18H,3,11H2,1-2H3. The van der Waals surface area contributed by atoms with Crippen LogP contribution in [0.25, 0.3) is 0 Å². The Morgan fingerprint density at radius 3 is 2.56 bits per heavy atom. The van der Waals surface area contributed by atoms with Gasteiger partial charge in [-0.3, -0.25) is 4.79 Å². The highest BCUT2D eigenvalue weighted by atomic mass is 127. The number of halogens is 3. The molecule has 0 saturated heterocycles. The summed E-state index contributed by atoms with van der Waals surface area (Å²) in [5.74, 6) is 0.0958.